The largest absolute Gasteiger partial charge is 0.493 e. The molecule has 4 nitrogen and oxygen atoms in total. The molecule has 0 atom stereocenters. The van der Waals surface area contributed by atoms with Crippen LogP contribution in [-0.2, 0) is 11.4 Å². The maximum absolute atomic E-state index is 13.3. The van der Waals surface area contributed by atoms with Gasteiger partial charge >= 0.3 is 0 Å². The molecule has 2 aromatic rings. The number of carbonyl (C=O) groups is 1. The van der Waals surface area contributed by atoms with Gasteiger partial charge < -0.3 is 9.47 Å². The average molecular weight is 482 g/mol. The number of thiocarbonyl (C=S) groups is 1. The Morgan fingerprint density at radius 3 is 2.75 bits per heavy atom. The van der Waals surface area contributed by atoms with Crippen LogP contribution >= 0.6 is 39.9 Å². The van der Waals surface area contributed by atoms with Crippen LogP contribution in [0, 0.1) is 5.82 Å². The first-order valence-corrected chi connectivity index (χ1v) is 10.4. The molecule has 2 aromatic carbocycles. The molecule has 0 bridgehead atoms. The maximum atomic E-state index is 13.3. The summed E-state index contributed by atoms with van der Waals surface area (Å²) in [6.45, 7) is 2.63. The predicted molar refractivity (Wildman–Crippen MR) is 117 cm³/mol. The van der Waals surface area contributed by atoms with Crippen LogP contribution in [0.15, 0.2) is 45.8 Å². The quantitative estimate of drug-likeness (QED) is 0.408. The zero-order valence-corrected chi connectivity index (χ0v) is 18.4. The number of benzene rings is 2. The van der Waals surface area contributed by atoms with Gasteiger partial charge in [0.1, 0.15) is 16.7 Å². The highest BCUT2D eigenvalue weighted by atomic mass is 79.9. The molecule has 1 saturated heterocycles. The molecule has 0 N–H and O–H groups in total. The number of halogens is 2. The van der Waals surface area contributed by atoms with Crippen LogP contribution in [0.5, 0.6) is 11.5 Å². The summed E-state index contributed by atoms with van der Waals surface area (Å²) < 4.78 is 25.8. The fourth-order valence-corrected chi connectivity index (χ4v) is 4.63. The fraction of sp³-hybridized carbons (Fsp3) is 0.200. The molecule has 1 amide bonds. The highest BCUT2D eigenvalue weighted by Crippen LogP contribution is 2.39. The van der Waals surface area contributed by atoms with Gasteiger partial charge in [0.2, 0.25) is 0 Å². The Morgan fingerprint density at radius 1 is 1.32 bits per heavy atom. The van der Waals surface area contributed by atoms with Crippen LogP contribution in [-0.4, -0.2) is 28.8 Å². The first-order valence-electron chi connectivity index (χ1n) is 8.43. The molecule has 1 fully saturated rings. The van der Waals surface area contributed by atoms with Gasteiger partial charge in [-0.05, 0) is 64.3 Å². The lowest BCUT2D eigenvalue weighted by atomic mass is 10.1. The van der Waals surface area contributed by atoms with E-state index >= 15 is 0 Å². The zero-order chi connectivity index (χ0) is 20.3. The Bertz CT molecular complexity index is 964. The van der Waals surface area contributed by atoms with Crippen molar-refractivity contribution >= 4 is 56.2 Å². The second kappa shape index (κ2) is 9.07. The topological polar surface area (TPSA) is 38.8 Å². The molecule has 1 aliphatic heterocycles. The van der Waals surface area contributed by atoms with Crippen molar-refractivity contribution in [2.45, 2.75) is 13.5 Å². The van der Waals surface area contributed by atoms with Crippen molar-refractivity contribution in [2.75, 3.05) is 13.7 Å². The fourth-order valence-electron chi connectivity index (χ4n) is 2.67. The van der Waals surface area contributed by atoms with Crippen LogP contribution in [0.4, 0.5) is 4.39 Å². The molecule has 1 heterocycles. The van der Waals surface area contributed by atoms with Gasteiger partial charge in [-0.2, -0.15) is 0 Å². The highest BCUT2D eigenvalue weighted by Gasteiger charge is 2.30. The SMILES string of the molecule is CCN1C(=O)/C(=C/c2cc(Br)c(OCc3cccc(F)c3)c(OC)c2)SC1=S. The number of hydrogen-bond acceptors (Lipinski definition) is 5. The lowest BCUT2D eigenvalue weighted by Crippen LogP contribution is -2.27. The predicted octanol–water partition coefficient (Wildman–Crippen LogP) is 5.40. The third kappa shape index (κ3) is 4.56. The third-order valence-corrected chi connectivity index (χ3v) is 5.98. The van der Waals surface area contributed by atoms with Crippen molar-refractivity contribution in [3.05, 3.63) is 62.7 Å². The van der Waals surface area contributed by atoms with Gasteiger partial charge in [-0.15, -0.1) is 0 Å². The zero-order valence-electron chi connectivity index (χ0n) is 15.2. The molecule has 0 unspecified atom stereocenters. The summed E-state index contributed by atoms with van der Waals surface area (Å²) in [4.78, 5) is 14.5. The minimum absolute atomic E-state index is 0.0981. The van der Waals surface area contributed by atoms with Gasteiger partial charge in [0, 0.05) is 6.54 Å². The number of thioether (sulfide) groups is 1. The van der Waals surface area contributed by atoms with E-state index in [0.29, 0.717) is 37.3 Å². The second-order valence-electron chi connectivity index (χ2n) is 5.88. The Labute approximate surface area is 180 Å². The van der Waals surface area contributed by atoms with Crippen LogP contribution in [0.1, 0.15) is 18.1 Å². The molecule has 0 saturated carbocycles. The minimum atomic E-state index is -0.313. The number of methoxy groups -OCH3 is 1. The van der Waals surface area contributed by atoms with Crippen molar-refractivity contribution in [3.63, 3.8) is 0 Å². The lowest BCUT2D eigenvalue weighted by molar-refractivity contribution is -0.121. The van der Waals surface area contributed by atoms with Crippen LogP contribution in [0.3, 0.4) is 0 Å². The maximum Gasteiger partial charge on any atom is 0.266 e. The van der Waals surface area contributed by atoms with Gasteiger partial charge in [0.15, 0.2) is 11.5 Å². The summed E-state index contributed by atoms with van der Waals surface area (Å²) in [5.41, 5.74) is 1.49. The average Bonchev–Trinajstić information content (AvgIpc) is 2.93. The molecule has 1 aliphatic rings. The first-order chi connectivity index (χ1) is 13.4. The Kier molecular flexibility index (Phi) is 6.74. The molecule has 0 spiro atoms. The van der Waals surface area contributed by atoms with E-state index in [0.717, 1.165) is 5.56 Å². The second-order valence-corrected chi connectivity index (χ2v) is 8.41. The van der Waals surface area contributed by atoms with Crippen LogP contribution in [0.25, 0.3) is 6.08 Å². The molecular weight excluding hydrogens is 465 g/mol. The van der Waals surface area contributed by atoms with Crippen molar-refractivity contribution in [3.8, 4) is 11.5 Å². The van der Waals surface area contributed by atoms with E-state index in [1.165, 1.54) is 31.0 Å². The van der Waals surface area contributed by atoms with Crippen molar-refractivity contribution < 1.29 is 18.7 Å². The van der Waals surface area contributed by atoms with E-state index in [2.05, 4.69) is 15.9 Å². The van der Waals surface area contributed by atoms with Crippen molar-refractivity contribution in [1.29, 1.82) is 0 Å². The van der Waals surface area contributed by atoms with Crippen molar-refractivity contribution in [2.24, 2.45) is 0 Å². The Hall–Kier alpha value is -1.90. The monoisotopic (exact) mass is 481 g/mol. The summed E-state index contributed by atoms with van der Waals surface area (Å²) in [6.07, 6.45) is 1.78. The Balaban J connectivity index is 1.85. The van der Waals surface area contributed by atoms with E-state index in [-0.39, 0.29) is 18.3 Å². The van der Waals surface area contributed by atoms with Crippen LogP contribution in [0.2, 0.25) is 0 Å². The molecule has 28 heavy (non-hydrogen) atoms. The summed E-state index contributed by atoms with van der Waals surface area (Å²) in [7, 11) is 1.54. The summed E-state index contributed by atoms with van der Waals surface area (Å²) >= 11 is 10.0. The van der Waals surface area contributed by atoms with E-state index in [4.69, 9.17) is 21.7 Å². The van der Waals surface area contributed by atoms with Gasteiger partial charge in [-0.1, -0.05) is 36.1 Å². The molecule has 3 rings (SSSR count). The summed E-state index contributed by atoms with van der Waals surface area (Å²) in [6, 6.07) is 9.84. The molecule has 8 heteroatoms. The normalized spacial score (nSPS) is 15.4. The number of likely N-dealkylation sites (N-methyl/N-ethyl adjacent to an activating group) is 1. The Morgan fingerprint density at radius 2 is 2.11 bits per heavy atom. The smallest absolute Gasteiger partial charge is 0.266 e. The molecule has 0 aromatic heterocycles. The highest BCUT2D eigenvalue weighted by molar-refractivity contribution is 9.10. The number of rotatable bonds is 6. The number of nitrogens with zero attached hydrogens (tertiary/aromatic N) is 1. The number of ether oxygens (including phenoxy) is 2. The summed E-state index contributed by atoms with van der Waals surface area (Å²) in [5, 5.41) is 0. The van der Waals surface area contributed by atoms with E-state index in [1.54, 1.807) is 29.2 Å². The van der Waals surface area contributed by atoms with Gasteiger partial charge in [0.05, 0.1) is 16.5 Å². The van der Waals surface area contributed by atoms with E-state index < -0.39 is 0 Å². The van der Waals surface area contributed by atoms with Crippen molar-refractivity contribution in [1.82, 2.24) is 4.90 Å². The molecule has 0 aliphatic carbocycles. The molecule has 146 valence electrons. The number of hydrogen-bond donors (Lipinski definition) is 0. The molecular formula is C20H17BrFNO3S2. The van der Waals surface area contributed by atoms with Gasteiger partial charge in [-0.25, -0.2) is 4.39 Å². The first kappa shape index (κ1) is 20.8. The standard InChI is InChI=1S/C20H17BrFNO3S2/c1-3-23-19(24)17(28-20(23)27)10-13-8-15(21)18(16(9-13)25-2)26-11-12-5-4-6-14(22)7-12/h4-10H,3,11H2,1-2H3/b17-10-. The van der Waals surface area contributed by atoms with E-state index in [9.17, 15) is 9.18 Å². The number of amides is 1. The summed E-state index contributed by atoms with van der Waals surface area (Å²) in [5.74, 6) is 0.596. The minimum Gasteiger partial charge on any atom is -0.493 e. The van der Waals surface area contributed by atoms with Crippen LogP contribution < -0.4 is 9.47 Å². The van der Waals surface area contributed by atoms with E-state index in [1.807, 2.05) is 13.0 Å². The number of carbonyl (C=O) groups excluding carboxylic acids is 1. The third-order valence-electron chi connectivity index (χ3n) is 4.01. The van der Waals surface area contributed by atoms with Gasteiger partial charge in [-0.3, -0.25) is 9.69 Å². The lowest BCUT2D eigenvalue weighted by Gasteiger charge is -2.14. The molecule has 0 radical (unpaired) electrons. The van der Waals surface area contributed by atoms with Gasteiger partial charge in [0.25, 0.3) is 5.91 Å².